The van der Waals surface area contributed by atoms with E-state index in [4.69, 9.17) is 4.98 Å². The second kappa shape index (κ2) is 6.72. The van der Waals surface area contributed by atoms with Gasteiger partial charge < -0.3 is 8.97 Å². The Morgan fingerprint density at radius 2 is 1.88 bits per heavy atom. The van der Waals surface area contributed by atoms with E-state index in [9.17, 15) is 0 Å². The summed E-state index contributed by atoms with van der Waals surface area (Å²) in [7, 11) is 0. The monoisotopic (exact) mass is 349 g/mol. The maximum atomic E-state index is 4.73. The molecule has 0 saturated carbocycles. The minimum absolute atomic E-state index is 0.772. The third-order valence-corrected chi connectivity index (χ3v) is 5.14. The molecule has 25 heavy (non-hydrogen) atoms. The number of nitrogens with zero attached hydrogens (tertiary/aromatic N) is 5. The van der Waals surface area contributed by atoms with Crippen molar-refractivity contribution in [2.24, 2.45) is 0 Å². The van der Waals surface area contributed by atoms with Crippen LogP contribution in [0.1, 0.15) is 18.2 Å². The van der Waals surface area contributed by atoms with E-state index in [-0.39, 0.29) is 0 Å². The van der Waals surface area contributed by atoms with Crippen molar-refractivity contribution < 1.29 is 0 Å². The molecule has 6 heteroatoms. The van der Waals surface area contributed by atoms with Gasteiger partial charge in [0.2, 0.25) is 0 Å². The fourth-order valence-electron chi connectivity index (χ4n) is 2.89. The van der Waals surface area contributed by atoms with E-state index in [0.717, 1.165) is 40.2 Å². The fraction of sp³-hybridized carbons (Fsp3) is 0.211. The molecule has 0 amide bonds. The Hall–Kier alpha value is -2.60. The molecular weight excluding hydrogens is 330 g/mol. The molecule has 0 saturated heterocycles. The molecule has 0 aliphatic carbocycles. The summed E-state index contributed by atoms with van der Waals surface area (Å²) in [6, 6.07) is 14.3. The molecule has 0 atom stereocenters. The predicted molar refractivity (Wildman–Crippen MR) is 101 cm³/mol. The Bertz CT molecular complexity index is 1000. The van der Waals surface area contributed by atoms with Gasteiger partial charge in [-0.3, -0.25) is 0 Å². The first-order valence-corrected chi connectivity index (χ1v) is 9.29. The number of rotatable bonds is 5. The van der Waals surface area contributed by atoms with Crippen molar-refractivity contribution in [1.82, 2.24) is 24.1 Å². The van der Waals surface area contributed by atoms with Gasteiger partial charge in [-0.25, -0.2) is 4.98 Å². The van der Waals surface area contributed by atoms with Gasteiger partial charge in [-0.15, -0.1) is 10.2 Å². The van der Waals surface area contributed by atoms with Crippen LogP contribution in [0.15, 0.2) is 60.0 Å². The number of hydrogen-bond acceptors (Lipinski definition) is 4. The lowest BCUT2D eigenvalue weighted by molar-refractivity contribution is 0.687. The van der Waals surface area contributed by atoms with Gasteiger partial charge in [-0.05, 0) is 25.5 Å². The Balaban J connectivity index is 1.58. The predicted octanol–water partition coefficient (Wildman–Crippen LogP) is 4.21. The molecular formula is C19H19N5S. The molecule has 1 aromatic carbocycles. The molecule has 0 aliphatic heterocycles. The van der Waals surface area contributed by atoms with Crippen LogP contribution in [0.2, 0.25) is 0 Å². The lowest BCUT2D eigenvalue weighted by Gasteiger charge is -2.06. The standard InChI is InChI=1S/C19H19N5S/c1-3-24-18(15-9-5-4-6-10-15)21-22-19(24)25-13-16-12-23-11-7-8-14(2)17(23)20-16/h4-12H,3,13H2,1-2H3. The molecule has 4 aromatic rings. The summed E-state index contributed by atoms with van der Waals surface area (Å²) in [6.07, 6.45) is 4.12. The van der Waals surface area contributed by atoms with Crippen molar-refractivity contribution in [1.29, 1.82) is 0 Å². The molecule has 0 unspecified atom stereocenters. The third-order valence-electron chi connectivity index (χ3n) is 4.14. The zero-order valence-corrected chi connectivity index (χ0v) is 15.1. The lowest BCUT2D eigenvalue weighted by atomic mass is 10.2. The van der Waals surface area contributed by atoms with E-state index in [1.54, 1.807) is 11.8 Å². The van der Waals surface area contributed by atoms with Crippen LogP contribution in [0.5, 0.6) is 0 Å². The minimum atomic E-state index is 0.772. The van der Waals surface area contributed by atoms with Crippen molar-refractivity contribution in [2.45, 2.75) is 31.3 Å². The van der Waals surface area contributed by atoms with Crippen LogP contribution in [0, 0.1) is 6.92 Å². The molecule has 0 bridgehead atoms. The summed E-state index contributed by atoms with van der Waals surface area (Å²) in [5.74, 6) is 1.69. The van der Waals surface area contributed by atoms with Crippen LogP contribution in [-0.4, -0.2) is 24.1 Å². The Kier molecular flexibility index (Phi) is 4.28. The first-order valence-electron chi connectivity index (χ1n) is 8.31. The number of pyridine rings is 1. The minimum Gasteiger partial charge on any atom is -0.307 e. The fourth-order valence-corrected chi connectivity index (χ4v) is 3.78. The largest absolute Gasteiger partial charge is 0.307 e. The summed E-state index contributed by atoms with van der Waals surface area (Å²) in [5, 5.41) is 9.71. The van der Waals surface area contributed by atoms with Crippen molar-refractivity contribution >= 4 is 17.4 Å². The second-order valence-electron chi connectivity index (χ2n) is 5.86. The van der Waals surface area contributed by atoms with Crippen molar-refractivity contribution in [3.05, 3.63) is 66.1 Å². The van der Waals surface area contributed by atoms with Gasteiger partial charge in [0.1, 0.15) is 5.65 Å². The van der Waals surface area contributed by atoms with Crippen LogP contribution >= 0.6 is 11.8 Å². The number of fused-ring (bicyclic) bond motifs is 1. The molecule has 0 fully saturated rings. The van der Waals surface area contributed by atoms with Gasteiger partial charge in [-0.1, -0.05) is 48.2 Å². The van der Waals surface area contributed by atoms with Crippen LogP contribution in [-0.2, 0) is 12.3 Å². The van der Waals surface area contributed by atoms with E-state index >= 15 is 0 Å². The zero-order valence-electron chi connectivity index (χ0n) is 14.3. The quantitative estimate of drug-likeness (QED) is 0.506. The number of thioether (sulfide) groups is 1. The molecule has 0 spiro atoms. The molecule has 5 nitrogen and oxygen atoms in total. The van der Waals surface area contributed by atoms with E-state index in [0.29, 0.717) is 0 Å². The van der Waals surface area contributed by atoms with Gasteiger partial charge in [0.15, 0.2) is 11.0 Å². The van der Waals surface area contributed by atoms with Crippen molar-refractivity contribution in [3.8, 4) is 11.4 Å². The van der Waals surface area contributed by atoms with Gasteiger partial charge in [0.05, 0.1) is 5.69 Å². The first-order chi connectivity index (χ1) is 12.3. The average Bonchev–Trinajstić information content (AvgIpc) is 3.25. The molecule has 3 heterocycles. The van der Waals surface area contributed by atoms with Crippen LogP contribution in [0.4, 0.5) is 0 Å². The third kappa shape index (κ3) is 3.05. The number of benzene rings is 1. The smallest absolute Gasteiger partial charge is 0.191 e. The van der Waals surface area contributed by atoms with Crippen LogP contribution in [0.3, 0.4) is 0 Å². The second-order valence-corrected chi connectivity index (χ2v) is 6.80. The van der Waals surface area contributed by atoms with Crippen LogP contribution in [0.25, 0.3) is 17.0 Å². The van der Waals surface area contributed by atoms with Crippen molar-refractivity contribution in [3.63, 3.8) is 0 Å². The topological polar surface area (TPSA) is 48.0 Å². The van der Waals surface area contributed by atoms with E-state index < -0.39 is 0 Å². The summed E-state index contributed by atoms with van der Waals surface area (Å²) in [6.45, 7) is 5.04. The van der Waals surface area contributed by atoms with Gasteiger partial charge in [0.25, 0.3) is 0 Å². The normalized spacial score (nSPS) is 11.3. The van der Waals surface area contributed by atoms with Gasteiger partial charge in [-0.2, -0.15) is 0 Å². The first kappa shape index (κ1) is 15.9. The Morgan fingerprint density at radius 3 is 2.64 bits per heavy atom. The van der Waals surface area contributed by atoms with E-state index in [1.165, 1.54) is 5.56 Å². The zero-order chi connectivity index (χ0) is 17.2. The number of hydrogen-bond donors (Lipinski definition) is 0. The molecule has 0 radical (unpaired) electrons. The van der Waals surface area contributed by atoms with E-state index in [1.807, 2.05) is 30.5 Å². The Labute approximate surface area is 150 Å². The number of aromatic nitrogens is 5. The highest BCUT2D eigenvalue weighted by Gasteiger charge is 2.14. The summed E-state index contributed by atoms with van der Waals surface area (Å²) >= 11 is 1.67. The molecule has 4 rings (SSSR count). The number of aryl methyl sites for hydroxylation is 1. The maximum absolute atomic E-state index is 4.73. The SMILES string of the molecule is CCn1c(SCc2cn3cccc(C)c3n2)nnc1-c1ccccc1. The highest BCUT2D eigenvalue weighted by molar-refractivity contribution is 7.98. The van der Waals surface area contributed by atoms with E-state index in [2.05, 4.69) is 57.4 Å². The Morgan fingerprint density at radius 1 is 1.04 bits per heavy atom. The molecule has 126 valence electrons. The lowest BCUT2D eigenvalue weighted by Crippen LogP contribution is -1.99. The maximum Gasteiger partial charge on any atom is 0.191 e. The average molecular weight is 349 g/mol. The van der Waals surface area contributed by atoms with Gasteiger partial charge in [0, 0.05) is 30.3 Å². The highest BCUT2D eigenvalue weighted by Crippen LogP contribution is 2.26. The summed E-state index contributed by atoms with van der Waals surface area (Å²) < 4.78 is 4.23. The number of imidazole rings is 1. The highest BCUT2D eigenvalue weighted by atomic mass is 32.2. The molecule has 0 aliphatic rings. The molecule has 3 aromatic heterocycles. The van der Waals surface area contributed by atoms with Crippen LogP contribution < -0.4 is 0 Å². The summed E-state index contributed by atoms with van der Waals surface area (Å²) in [4.78, 5) is 4.73. The van der Waals surface area contributed by atoms with Crippen molar-refractivity contribution in [2.75, 3.05) is 0 Å². The molecule has 0 N–H and O–H groups in total. The summed E-state index contributed by atoms with van der Waals surface area (Å²) in [5.41, 5.74) is 4.33. The van der Waals surface area contributed by atoms with Gasteiger partial charge >= 0.3 is 0 Å².